The number of amides is 1. The van der Waals surface area contributed by atoms with Crippen LogP contribution in [0.5, 0.6) is 0 Å². The van der Waals surface area contributed by atoms with Crippen molar-refractivity contribution < 1.29 is 4.79 Å². The van der Waals surface area contributed by atoms with E-state index in [0.29, 0.717) is 22.3 Å². The van der Waals surface area contributed by atoms with Gasteiger partial charge in [-0.25, -0.2) is 4.98 Å². The van der Waals surface area contributed by atoms with Crippen LogP contribution < -0.4 is 10.9 Å². The predicted octanol–water partition coefficient (Wildman–Crippen LogP) is 3.42. The minimum atomic E-state index is -0.164. The molecule has 2 aromatic heterocycles. The van der Waals surface area contributed by atoms with Crippen LogP contribution in [0.4, 0.5) is 0 Å². The Morgan fingerprint density at radius 1 is 1.23 bits per heavy atom. The lowest BCUT2D eigenvalue weighted by atomic mass is 10.2. The maximum Gasteiger partial charge on any atom is 0.271 e. The van der Waals surface area contributed by atoms with Gasteiger partial charge in [0.15, 0.2) is 0 Å². The minimum Gasteiger partial charge on any atom is -0.348 e. The molecule has 1 amide bonds. The van der Waals surface area contributed by atoms with Crippen LogP contribution in [0.25, 0.3) is 10.2 Å². The predicted molar refractivity (Wildman–Crippen MR) is 104 cm³/mol. The third-order valence-corrected chi connectivity index (χ3v) is 5.94. The van der Waals surface area contributed by atoms with Gasteiger partial charge in [-0.1, -0.05) is 36.8 Å². The van der Waals surface area contributed by atoms with Crippen LogP contribution in [0.3, 0.4) is 0 Å². The number of carbonyl (C=O) groups is 1. The first-order valence-corrected chi connectivity index (χ1v) is 9.81. The topological polar surface area (TPSA) is 64.0 Å². The van der Waals surface area contributed by atoms with Gasteiger partial charge in [-0.3, -0.25) is 14.2 Å². The zero-order valence-corrected chi connectivity index (χ0v) is 15.6. The quantitative estimate of drug-likeness (QED) is 0.771. The third kappa shape index (κ3) is 3.05. The fourth-order valence-corrected chi connectivity index (χ4v) is 4.54. The number of nitrogens with zero attached hydrogens (tertiary/aromatic N) is 2. The molecule has 6 heteroatoms. The highest BCUT2D eigenvalue weighted by Gasteiger charge is 2.23. The molecule has 0 saturated carbocycles. The van der Waals surface area contributed by atoms with E-state index in [-0.39, 0.29) is 11.5 Å². The lowest BCUT2D eigenvalue weighted by Crippen LogP contribution is -2.26. The molecule has 3 aromatic rings. The molecule has 1 aliphatic heterocycles. The normalized spacial score (nSPS) is 14.0. The van der Waals surface area contributed by atoms with Gasteiger partial charge in [0.25, 0.3) is 11.5 Å². The van der Waals surface area contributed by atoms with E-state index in [4.69, 9.17) is 4.98 Å². The summed E-state index contributed by atoms with van der Waals surface area (Å²) in [5.74, 6) is 0.651. The van der Waals surface area contributed by atoms with Crippen molar-refractivity contribution in [3.63, 3.8) is 0 Å². The number of aromatic nitrogens is 2. The monoisotopic (exact) mass is 367 g/mol. The van der Waals surface area contributed by atoms with Gasteiger partial charge in [0, 0.05) is 24.4 Å². The molecule has 1 N–H and O–H groups in total. The molecule has 0 radical (unpaired) electrons. The number of thiophene rings is 1. The van der Waals surface area contributed by atoms with Gasteiger partial charge in [-0.2, -0.15) is 0 Å². The SMILES string of the molecule is Cc1sc2c(=O)n3c(nc2c1C(=O)NCc1ccccc1)CCCCC3. The largest absolute Gasteiger partial charge is 0.348 e. The zero-order chi connectivity index (χ0) is 18.1. The van der Waals surface area contributed by atoms with Crippen LogP contribution in [0.1, 0.15) is 45.9 Å². The van der Waals surface area contributed by atoms with Crippen molar-refractivity contribution >= 4 is 27.5 Å². The summed E-state index contributed by atoms with van der Waals surface area (Å²) in [4.78, 5) is 31.3. The van der Waals surface area contributed by atoms with Crippen molar-refractivity contribution in [3.8, 4) is 0 Å². The molecule has 1 aliphatic rings. The van der Waals surface area contributed by atoms with Crippen LogP contribution in [0.2, 0.25) is 0 Å². The fourth-order valence-electron chi connectivity index (χ4n) is 3.50. The molecular weight excluding hydrogens is 346 g/mol. The standard InChI is InChI=1S/C20H21N3O2S/c1-13-16(19(24)21-12-14-8-4-2-5-9-14)17-18(26-13)20(25)23-11-7-3-6-10-15(23)22-17/h2,4-5,8-9H,3,6-7,10-12H2,1H3,(H,21,24). The highest BCUT2D eigenvalue weighted by molar-refractivity contribution is 7.19. The van der Waals surface area contributed by atoms with Gasteiger partial charge < -0.3 is 5.32 Å². The van der Waals surface area contributed by atoms with E-state index in [1.165, 1.54) is 11.3 Å². The first-order valence-electron chi connectivity index (χ1n) is 9.00. The number of hydrogen-bond donors (Lipinski definition) is 1. The van der Waals surface area contributed by atoms with Crippen molar-refractivity contribution in [3.05, 3.63) is 62.5 Å². The molecular formula is C20H21N3O2S. The summed E-state index contributed by atoms with van der Waals surface area (Å²) in [7, 11) is 0. The molecule has 1 aromatic carbocycles. The van der Waals surface area contributed by atoms with Crippen LogP contribution in [0.15, 0.2) is 35.1 Å². The van der Waals surface area contributed by atoms with Crippen LogP contribution in [-0.4, -0.2) is 15.5 Å². The first-order chi connectivity index (χ1) is 12.6. The molecule has 0 aliphatic carbocycles. The van der Waals surface area contributed by atoms with E-state index in [9.17, 15) is 9.59 Å². The lowest BCUT2D eigenvalue weighted by Gasteiger charge is -2.09. The van der Waals surface area contributed by atoms with Crippen molar-refractivity contribution in [1.29, 1.82) is 0 Å². The Labute approximate surface area is 155 Å². The maximum absolute atomic E-state index is 12.9. The van der Waals surface area contributed by atoms with Crippen molar-refractivity contribution in [2.75, 3.05) is 0 Å². The average Bonchev–Trinajstić information content (AvgIpc) is 2.82. The summed E-state index contributed by atoms with van der Waals surface area (Å²) in [6.45, 7) is 3.07. The number of fused-ring (bicyclic) bond motifs is 2. The molecule has 0 fully saturated rings. The summed E-state index contributed by atoms with van der Waals surface area (Å²) in [6, 6.07) is 9.80. The second-order valence-corrected chi connectivity index (χ2v) is 7.90. The number of benzene rings is 1. The Kier molecular flexibility index (Phi) is 4.59. The van der Waals surface area contributed by atoms with Gasteiger partial charge in [0.05, 0.1) is 5.56 Å². The van der Waals surface area contributed by atoms with Crippen molar-refractivity contribution in [1.82, 2.24) is 14.9 Å². The van der Waals surface area contributed by atoms with Gasteiger partial charge in [-0.05, 0) is 25.3 Å². The van der Waals surface area contributed by atoms with Gasteiger partial charge >= 0.3 is 0 Å². The van der Waals surface area contributed by atoms with Crippen molar-refractivity contribution in [2.24, 2.45) is 0 Å². The minimum absolute atomic E-state index is 0.00195. The Bertz CT molecular complexity index is 1020. The Morgan fingerprint density at radius 2 is 2.04 bits per heavy atom. The number of rotatable bonds is 3. The molecule has 4 rings (SSSR count). The highest BCUT2D eigenvalue weighted by atomic mass is 32.1. The van der Waals surface area contributed by atoms with E-state index < -0.39 is 0 Å². The second-order valence-electron chi connectivity index (χ2n) is 6.67. The molecule has 0 saturated heterocycles. The van der Waals surface area contributed by atoms with E-state index >= 15 is 0 Å². The molecule has 26 heavy (non-hydrogen) atoms. The summed E-state index contributed by atoms with van der Waals surface area (Å²) < 4.78 is 2.40. The maximum atomic E-state index is 12.9. The number of aryl methyl sites for hydroxylation is 2. The highest BCUT2D eigenvalue weighted by Crippen LogP contribution is 2.28. The van der Waals surface area contributed by atoms with Crippen LogP contribution >= 0.6 is 11.3 Å². The molecule has 0 atom stereocenters. The smallest absolute Gasteiger partial charge is 0.271 e. The Hall–Kier alpha value is -2.47. The molecule has 0 unspecified atom stereocenters. The molecule has 134 valence electrons. The Balaban J connectivity index is 1.72. The number of carbonyl (C=O) groups excluding carboxylic acids is 1. The molecule has 3 heterocycles. The molecule has 0 spiro atoms. The summed E-state index contributed by atoms with van der Waals surface area (Å²) in [6.07, 6.45) is 3.95. The lowest BCUT2D eigenvalue weighted by molar-refractivity contribution is 0.0952. The Morgan fingerprint density at radius 3 is 2.85 bits per heavy atom. The van der Waals surface area contributed by atoms with Gasteiger partial charge in [0.1, 0.15) is 16.0 Å². The summed E-state index contributed by atoms with van der Waals surface area (Å²) >= 11 is 1.38. The zero-order valence-electron chi connectivity index (χ0n) is 14.7. The summed E-state index contributed by atoms with van der Waals surface area (Å²) in [5, 5.41) is 2.97. The van der Waals surface area contributed by atoms with E-state index in [2.05, 4.69) is 5.32 Å². The molecule has 5 nitrogen and oxygen atoms in total. The van der Waals surface area contributed by atoms with E-state index in [1.54, 1.807) is 4.57 Å². The van der Waals surface area contributed by atoms with Gasteiger partial charge in [-0.15, -0.1) is 11.3 Å². The first kappa shape index (κ1) is 17.0. The summed E-state index contributed by atoms with van der Waals surface area (Å²) in [5.41, 5.74) is 2.16. The number of nitrogens with one attached hydrogen (secondary N) is 1. The third-order valence-electron chi connectivity index (χ3n) is 4.86. The molecule has 0 bridgehead atoms. The van der Waals surface area contributed by atoms with Gasteiger partial charge in [0.2, 0.25) is 0 Å². The second kappa shape index (κ2) is 7.03. The number of hydrogen-bond acceptors (Lipinski definition) is 4. The van der Waals surface area contributed by atoms with Crippen molar-refractivity contribution in [2.45, 2.75) is 45.7 Å². The average molecular weight is 367 g/mol. The van der Waals surface area contributed by atoms with Crippen LogP contribution in [-0.2, 0) is 19.5 Å². The van der Waals surface area contributed by atoms with E-state index in [1.807, 2.05) is 37.3 Å². The van der Waals surface area contributed by atoms with Crippen LogP contribution in [0, 0.1) is 6.92 Å². The van der Waals surface area contributed by atoms with E-state index in [0.717, 1.165) is 48.5 Å². The fraction of sp³-hybridized carbons (Fsp3) is 0.350.